The van der Waals surface area contributed by atoms with Gasteiger partial charge in [0.25, 0.3) is 0 Å². The summed E-state index contributed by atoms with van der Waals surface area (Å²) in [6, 6.07) is 6.72. The van der Waals surface area contributed by atoms with Crippen LogP contribution < -0.4 is 5.32 Å². The molecule has 0 aliphatic carbocycles. The molecule has 5 nitrogen and oxygen atoms in total. The van der Waals surface area contributed by atoms with Crippen LogP contribution in [0.1, 0.15) is 23.7 Å². The van der Waals surface area contributed by atoms with Gasteiger partial charge in [-0.2, -0.15) is 13.2 Å². The molecule has 2 unspecified atom stereocenters. The van der Waals surface area contributed by atoms with Gasteiger partial charge in [-0.3, -0.25) is 10.4 Å². The van der Waals surface area contributed by atoms with Crippen molar-refractivity contribution in [2.75, 3.05) is 18.9 Å². The summed E-state index contributed by atoms with van der Waals surface area (Å²) < 4.78 is 69.3. The third-order valence-corrected chi connectivity index (χ3v) is 4.82. The van der Waals surface area contributed by atoms with Gasteiger partial charge in [-0.1, -0.05) is 12.1 Å². The molecular formula is C20H23BrF5N5. The maximum absolute atomic E-state index is 15.1. The van der Waals surface area contributed by atoms with E-state index >= 15 is 4.39 Å². The van der Waals surface area contributed by atoms with Gasteiger partial charge in [-0.25, -0.2) is 8.78 Å². The standard InChI is InChI=1S/C19H20BrF5N4.CH3N/c1-18(22,17(21)10-29(2)11-26)12-4-3-5-14(6-12)27-9-16-15(19(23,24)25)7-13(20)8-28-16;1-2/h3-8,11,17,26-27H,9-10H2,1-2H3;2H,1H2. The van der Waals surface area contributed by atoms with Crippen LogP contribution in [0.5, 0.6) is 0 Å². The highest BCUT2D eigenvalue weighted by atomic mass is 79.9. The number of rotatable bonds is 8. The van der Waals surface area contributed by atoms with Crippen molar-refractivity contribution in [3.05, 3.63) is 57.8 Å². The quantitative estimate of drug-likeness (QED) is 0.240. The van der Waals surface area contributed by atoms with Crippen molar-refractivity contribution in [2.24, 2.45) is 0 Å². The predicted octanol–water partition coefficient (Wildman–Crippen LogP) is 5.80. The number of halogens is 6. The number of nitrogens with zero attached hydrogens (tertiary/aromatic N) is 2. The Morgan fingerprint density at radius 1 is 1.26 bits per heavy atom. The summed E-state index contributed by atoms with van der Waals surface area (Å²) in [5.74, 6) is 0. The van der Waals surface area contributed by atoms with Crippen LogP contribution in [0.25, 0.3) is 0 Å². The lowest BCUT2D eigenvalue weighted by Crippen LogP contribution is -2.37. The minimum absolute atomic E-state index is 0.0354. The molecule has 2 atom stereocenters. The Balaban J connectivity index is 0.00000233. The molecule has 0 saturated heterocycles. The van der Waals surface area contributed by atoms with Gasteiger partial charge >= 0.3 is 6.18 Å². The Kier molecular flexibility index (Phi) is 9.54. The molecule has 1 aromatic carbocycles. The molecule has 0 saturated carbocycles. The third-order valence-electron chi connectivity index (χ3n) is 4.39. The van der Waals surface area contributed by atoms with Gasteiger partial charge in [0.1, 0.15) is 0 Å². The first-order valence-corrected chi connectivity index (χ1v) is 9.69. The van der Waals surface area contributed by atoms with E-state index in [-0.39, 0.29) is 28.8 Å². The van der Waals surface area contributed by atoms with Gasteiger partial charge in [-0.05, 0) is 53.3 Å². The van der Waals surface area contributed by atoms with Gasteiger partial charge in [0.2, 0.25) is 0 Å². The highest BCUT2D eigenvalue weighted by Crippen LogP contribution is 2.35. The minimum Gasteiger partial charge on any atom is -0.379 e. The van der Waals surface area contributed by atoms with Crippen LogP contribution in [0.3, 0.4) is 0 Å². The van der Waals surface area contributed by atoms with Crippen LogP contribution in [0.2, 0.25) is 0 Å². The van der Waals surface area contributed by atoms with E-state index in [1.807, 2.05) is 0 Å². The first-order chi connectivity index (χ1) is 14.4. The molecule has 1 heterocycles. The first-order valence-electron chi connectivity index (χ1n) is 8.90. The topological polar surface area (TPSA) is 75.9 Å². The van der Waals surface area contributed by atoms with E-state index in [1.54, 1.807) is 6.07 Å². The Hall–Kier alpha value is -2.56. The van der Waals surface area contributed by atoms with Crippen molar-refractivity contribution in [1.82, 2.24) is 9.88 Å². The zero-order chi connectivity index (χ0) is 23.8. The fourth-order valence-corrected chi connectivity index (χ4v) is 2.96. The average Bonchev–Trinajstić information content (AvgIpc) is 2.73. The highest BCUT2D eigenvalue weighted by molar-refractivity contribution is 9.10. The lowest BCUT2D eigenvalue weighted by Gasteiger charge is -2.28. The molecule has 0 fully saturated rings. The van der Waals surface area contributed by atoms with E-state index in [9.17, 15) is 17.6 Å². The summed E-state index contributed by atoms with van der Waals surface area (Å²) in [4.78, 5) is 5.02. The molecule has 3 N–H and O–H groups in total. The summed E-state index contributed by atoms with van der Waals surface area (Å²) in [6.07, 6.45) is -4.33. The van der Waals surface area contributed by atoms with Crippen LogP contribution in [-0.4, -0.2) is 42.7 Å². The molecule has 11 heteroatoms. The van der Waals surface area contributed by atoms with Gasteiger partial charge in [-0.15, -0.1) is 0 Å². The summed E-state index contributed by atoms with van der Waals surface area (Å²) in [7, 11) is 1.46. The van der Waals surface area contributed by atoms with Crippen molar-refractivity contribution in [2.45, 2.75) is 31.5 Å². The maximum atomic E-state index is 15.1. The molecule has 2 aromatic rings. The van der Waals surface area contributed by atoms with E-state index in [0.717, 1.165) is 19.3 Å². The number of pyridine rings is 1. The van der Waals surface area contributed by atoms with E-state index in [4.69, 9.17) is 10.8 Å². The van der Waals surface area contributed by atoms with Crippen molar-refractivity contribution < 1.29 is 22.0 Å². The smallest absolute Gasteiger partial charge is 0.379 e. The summed E-state index contributed by atoms with van der Waals surface area (Å²) in [6.45, 7) is 3.03. The van der Waals surface area contributed by atoms with Crippen molar-refractivity contribution in [3.8, 4) is 0 Å². The molecule has 0 aliphatic heterocycles. The average molecular weight is 508 g/mol. The van der Waals surface area contributed by atoms with Crippen LogP contribution in [0, 0.1) is 10.8 Å². The second-order valence-corrected chi connectivity index (χ2v) is 7.61. The van der Waals surface area contributed by atoms with Crippen molar-refractivity contribution in [1.29, 1.82) is 10.8 Å². The molecule has 0 spiro atoms. The van der Waals surface area contributed by atoms with Crippen LogP contribution >= 0.6 is 15.9 Å². The summed E-state index contributed by atoms with van der Waals surface area (Å²) in [5.41, 5.74) is -3.08. The zero-order valence-corrected chi connectivity index (χ0v) is 18.5. The Bertz CT molecular complexity index is 875. The number of hydrogen-bond acceptors (Lipinski definition) is 4. The number of nitrogens with one attached hydrogen (secondary N) is 3. The number of benzene rings is 1. The lowest BCUT2D eigenvalue weighted by atomic mass is 9.92. The van der Waals surface area contributed by atoms with E-state index in [1.165, 1.54) is 36.3 Å². The molecule has 1 aromatic heterocycles. The molecule has 170 valence electrons. The SMILES string of the molecule is C=N.CN(C=N)CC(F)C(C)(F)c1cccc(NCc2ncc(Br)cc2C(F)(F)F)c1. The summed E-state index contributed by atoms with van der Waals surface area (Å²) in [5, 5.41) is 15.4. The number of aromatic nitrogens is 1. The zero-order valence-electron chi connectivity index (χ0n) is 16.9. The Morgan fingerprint density at radius 2 is 1.90 bits per heavy atom. The highest BCUT2D eigenvalue weighted by Gasteiger charge is 2.37. The van der Waals surface area contributed by atoms with Crippen molar-refractivity contribution in [3.63, 3.8) is 0 Å². The normalized spacial score (nSPS) is 13.9. The van der Waals surface area contributed by atoms with E-state index in [0.29, 0.717) is 5.69 Å². The van der Waals surface area contributed by atoms with Gasteiger partial charge in [0.05, 0.1) is 30.7 Å². The molecule has 0 bridgehead atoms. The second kappa shape index (κ2) is 11.2. The molecular weight excluding hydrogens is 485 g/mol. The minimum atomic E-state index is -4.57. The van der Waals surface area contributed by atoms with Gasteiger partial charge in [0, 0.05) is 23.4 Å². The first kappa shape index (κ1) is 26.5. The predicted molar refractivity (Wildman–Crippen MR) is 115 cm³/mol. The molecule has 0 amide bonds. The van der Waals surface area contributed by atoms with Gasteiger partial charge < -0.3 is 15.6 Å². The lowest BCUT2D eigenvalue weighted by molar-refractivity contribution is -0.138. The third kappa shape index (κ3) is 7.27. The number of hydrogen-bond donors (Lipinski definition) is 3. The Morgan fingerprint density at radius 3 is 2.48 bits per heavy atom. The van der Waals surface area contributed by atoms with E-state index in [2.05, 4.69) is 32.9 Å². The monoisotopic (exact) mass is 507 g/mol. The maximum Gasteiger partial charge on any atom is 0.418 e. The molecule has 0 radical (unpaired) electrons. The molecule has 2 rings (SSSR count). The number of anilines is 1. The Labute approximate surface area is 185 Å². The molecule has 0 aliphatic rings. The van der Waals surface area contributed by atoms with Crippen LogP contribution in [-0.2, 0) is 18.4 Å². The largest absolute Gasteiger partial charge is 0.418 e. The fraction of sp³-hybridized carbons (Fsp3) is 0.350. The summed E-state index contributed by atoms with van der Waals surface area (Å²) >= 11 is 2.97. The fourth-order valence-electron chi connectivity index (χ4n) is 2.63. The molecule has 31 heavy (non-hydrogen) atoms. The van der Waals surface area contributed by atoms with Crippen LogP contribution in [0.15, 0.2) is 41.0 Å². The second-order valence-electron chi connectivity index (χ2n) is 6.69. The number of alkyl halides is 5. The van der Waals surface area contributed by atoms with Crippen LogP contribution in [0.4, 0.5) is 27.6 Å². The van der Waals surface area contributed by atoms with Gasteiger partial charge in [0.15, 0.2) is 11.8 Å². The van der Waals surface area contributed by atoms with Crippen molar-refractivity contribution >= 4 is 34.7 Å². The van der Waals surface area contributed by atoms with E-state index < -0.39 is 23.6 Å².